The molecule has 2 heterocycles. The smallest absolute Gasteiger partial charge is 0.257 e. The fraction of sp³-hybridized carbons (Fsp3) is 0.222. The molecule has 1 aliphatic rings. The lowest BCUT2D eigenvalue weighted by Crippen LogP contribution is -2.13. The molecular formula is C27H22BrN3OS. The number of amides is 1. The molecule has 4 aromatic rings. The lowest BCUT2D eigenvalue weighted by molar-refractivity contribution is 0.102. The molecule has 0 aliphatic heterocycles. The Hall–Kier alpha value is -3.01. The standard InChI is InChI=1S/C27H22BrN3OS/c1-2-16-7-12-20-22(15-29)27(33-25(20)13-16)31-26(32)21-14-24(17-8-10-18(28)11-9-17)30-23-6-4-3-5-19(21)23/h3-6,8-11,14,16H,2,7,12-13H2,1H3,(H,31,32). The van der Waals surface area contributed by atoms with Gasteiger partial charge in [-0.1, -0.05) is 59.6 Å². The molecule has 1 unspecified atom stereocenters. The number of carbonyl (C=O) groups is 1. The summed E-state index contributed by atoms with van der Waals surface area (Å²) in [4.78, 5) is 19.5. The zero-order valence-electron chi connectivity index (χ0n) is 18.2. The van der Waals surface area contributed by atoms with E-state index in [1.807, 2.05) is 54.6 Å². The fourth-order valence-electron chi connectivity index (χ4n) is 4.51. The number of nitrogens with zero attached hydrogens (tertiary/aromatic N) is 2. The van der Waals surface area contributed by atoms with Gasteiger partial charge in [-0.25, -0.2) is 4.98 Å². The summed E-state index contributed by atoms with van der Waals surface area (Å²) in [7, 11) is 0. The largest absolute Gasteiger partial charge is 0.312 e. The molecule has 6 heteroatoms. The monoisotopic (exact) mass is 515 g/mol. The van der Waals surface area contributed by atoms with Crippen molar-refractivity contribution in [2.75, 3.05) is 5.32 Å². The quantitative estimate of drug-likeness (QED) is 0.308. The number of rotatable bonds is 4. The van der Waals surface area contributed by atoms with Crippen molar-refractivity contribution < 1.29 is 4.79 Å². The highest BCUT2D eigenvalue weighted by Crippen LogP contribution is 2.40. The van der Waals surface area contributed by atoms with E-state index in [9.17, 15) is 10.1 Å². The molecule has 0 bridgehead atoms. The van der Waals surface area contributed by atoms with Gasteiger partial charge < -0.3 is 5.32 Å². The second-order valence-corrected chi connectivity index (χ2v) is 10.4. The Bertz CT molecular complexity index is 1400. The number of aromatic nitrogens is 1. The number of hydrogen-bond donors (Lipinski definition) is 1. The number of fused-ring (bicyclic) bond motifs is 2. The molecule has 0 saturated carbocycles. The first-order valence-corrected chi connectivity index (χ1v) is 12.7. The van der Waals surface area contributed by atoms with E-state index in [1.165, 1.54) is 4.88 Å². The highest BCUT2D eigenvalue weighted by molar-refractivity contribution is 9.10. The summed E-state index contributed by atoms with van der Waals surface area (Å²) in [6.45, 7) is 2.22. The molecule has 1 N–H and O–H groups in total. The number of halogens is 1. The lowest BCUT2D eigenvalue weighted by Gasteiger charge is -2.20. The Morgan fingerprint density at radius 2 is 2.03 bits per heavy atom. The van der Waals surface area contributed by atoms with E-state index in [2.05, 4.69) is 34.2 Å². The van der Waals surface area contributed by atoms with Gasteiger partial charge in [0.1, 0.15) is 11.1 Å². The number of para-hydroxylation sites is 1. The number of nitriles is 1. The van der Waals surface area contributed by atoms with Crippen molar-refractivity contribution >= 4 is 49.1 Å². The third-order valence-electron chi connectivity index (χ3n) is 6.38. The van der Waals surface area contributed by atoms with Crippen LogP contribution in [0.15, 0.2) is 59.1 Å². The van der Waals surface area contributed by atoms with Gasteiger partial charge in [-0.3, -0.25) is 4.79 Å². The predicted molar refractivity (Wildman–Crippen MR) is 138 cm³/mol. The average Bonchev–Trinajstić information content (AvgIpc) is 3.19. The van der Waals surface area contributed by atoms with E-state index >= 15 is 0 Å². The van der Waals surface area contributed by atoms with Gasteiger partial charge in [0, 0.05) is 20.3 Å². The summed E-state index contributed by atoms with van der Waals surface area (Å²) in [6.07, 6.45) is 4.15. The Kier molecular flexibility index (Phi) is 6.01. The third kappa shape index (κ3) is 4.19. The second-order valence-electron chi connectivity index (χ2n) is 8.37. The molecule has 33 heavy (non-hydrogen) atoms. The van der Waals surface area contributed by atoms with Crippen molar-refractivity contribution in [3.05, 3.63) is 80.6 Å². The molecule has 1 atom stereocenters. The van der Waals surface area contributed by atoms with E-state index < -0.39 is 0 Å². The van der Waals surface area contributed by atoms with Gasteiger partial charge in [0.25, 0.3) is 5.91 Å². The third-order valence-corrected chi connectivity index (χ3v) is 8.08. The van der Waals surface area contributed by atoms with E-state index in [-0.39, 0.29) is 5.91 Å². The van der Waals surface area contributed by atoms with Gasteiger partial charge in [0.05, 0.1) is 22.3 Å². The Morgan fingerprint density at radius 1 is 1.24 bits per heavy atom. The van der Waals surface area contributed by atoms with Crippen molar-refractivity contribution in [3.8, 4) is 17.3 Å². The van der Waals surface area contributed by atoms with Crippen LogP contribution < -0.4 is 5.32 Å². The Morgan fingerprint density at radius 3 is 2.79 bits per heavy atom. The molecule has 2 aromatic heterocycles. The first-order chi connectivity index (χ1) is 16.1. The molecule has 164 valence electrons. The number of pyridine rings is 1. The summed E-state index contributed by atoms with van der Waals surface area (Å²) in [5.41, 5.74) is 4.75. The van der Waals surface area contributed by atoms with Gasteiger partial charge >= 0.3 is 0 Å². The van der Waals surface area contributed by atoms with Gasteiger partial charge in [0.2, 0.25) is 0 Å². The number of hydrogen-bond acceptors (Lipinski definition) is 4. The van der Waals surface area contributed by atoms with Crippen molar-refractivity contribution in [1.82, 2.24) is 4.98 Å². The van der Waals surface area contributed by atoms with E-state index in [0.717, 1.165) is 57.9 Å². The predicted octanol–water partition coefficient (Wildman–Crippen LogP) is 7.36. The van der Waals surface area contributed by atoms with Crippen molar-refractivity contribution in [3.63, 3.8) is 0 Å². The molecule has 5 rings (SSSR count). The van der Waals surface area contributed by atoms with Crippen LogP contribution in [-0.4, -0.2) is 10.9 Å². The van der Waals surface area contributed by atoms with E-state index in [0.29, 0.717) is 22.0 Å². The van der Waals surface area contributed by atoms with Crippen molar-refractivity contribution in [1.29, 1.82) is 5.26 Å². The maximum Gasteiger partial charge on any atom is 0.257 e. The minimum Gasteiger partial charge on any atom is -0.312 e. The maximum atomic E-state index is 13.5. The SMILES string of the molecule is CCC1CCc2c(sc(NC(=O)c3cc(-c4ccc(Br)cc4)nc4ccccc34)c2C#N)C1. The number of thiophene rings is 1. The molecule has 0 fully saturated rings. The van der Waals surface area contributed by atoms with Crippen LogP contribution >= 0.6 is 27.3 Å². The lowest BCUT2D eigenvalue weighted by atomic mass is 9.86. The van der Waals surface area contributed by atoms with E-state index in [1.54, 1.807) is 11.3 Å². The molecule has 0 saturated heterocycles. The summed E-state index contributed by atoms with van der Waals surface area (Å²) < 4.78 is 0.987. The first kappa shape index (κ1) is 21.8. The average molecular weight is 516 g/mol. The minimum absolute atomic E-state index is 0.214. The summed E-state index contributed by atoms with van der Waals surface area (Å²) in [5.74, 6) is 0.443. The van der Waals surface area contributed by atoms with Crippen LogP contribution in [0.25, 0.3) is 22.2 Å². The topological polar surface area (TPSA) is 65.8 Å². The van der Waals surface area contributed by atoms with Gasteiger partial charge in [-0.15, -0.1) is 11.3 Å². The molecule has 1 amide bonds. The zero-order valence-corrected chi connectivity index (χ0v) is 20.6. The number of nitrogens with one attached hydrogen (secondary N) is 1. The Balaban J connectivity index is 1.55. The second kappa shape index (κ2) is 9.09. The van der Waals surface area contributed by atoms with Crippen LogP contribution in [0.3, 0.4) is 0 Å². The Labute approximate surface area is 205 Å². The van der Waals surface area contributed by atoms with E-state index in [4.69, 9.17) is 4.98 Å². The molecule has 0 radical (unpaired) electrons. The summed E-state index contributed by atoms with van der Waals surface area (Å²) >= 11 is 5.03. The van der Waals surface area contributed by atoms with Gasteiger partial charge in [-0.2, -0.15) is 5.26 Å². The van der Waals surface area contributed by atoms with Gasteiger partial charge in [0.15, 0.2) is 0 Å². The van der Waals surface area contributed by atoms with Crippen LogP contribution in [0.2, 0.25) is 0 Å². The summed E-state index contributed by atoms with van der Waals surface area (Å²) in [5, 5.41) is 14.4. The fourth-order valence-corrected chi connectivity index (χ4v) is 6.08. The highest BCUT2D eigenvalue weighted by Gasteiger charge is 2.26. The van der Waals surface area contributed by atoms with Crippen LogP contribution in [0, 0.1) is 17.2 Å². The van der Waals surface area contributed by atoms with Crippen molar-refractivity contribution in [2.24, 2.45) is 5.92 Å². The number of anilines is 1. The minimum atomic E-state index is -0.214. The van der Waals surface area contributed by atoms with Crippen LogP contribution in [-0.2, 0) is 12.8 Å². The number of benzene rings is 2. The molecule has 2 aromatic carbocycles. The van der Waals surface area contributed by atoms with Crippen LogP contribution in [0.4, 0.5) is 5.00 Å². The summed E-state index contributed by atoms with van der Waals surface area (Å²) in [6, 6.07) is 19.8. The van der Waals surface area contributed by atoms with Crippen LogP contribution in [0.5, 0.6) is 0 Å². The first-order valence-electron chi connectivity index (χ1n) is 11.1. The normalized spacial score (nSPS) is 15.1. The zero-order chi connectivity index (χ0) is 22.9. The van der Waals surface area contributed by atoms with Crippen molar-refractivity contribution in [2.45, 2.75) is 32.6 Å². The maximum absolute atomic E-state index is 13.5. The molecule has 0 spiro atoms. The molecular weight excluding hydrogens is 494 g/mol. The molecule has 1 aliphatic carbocycles. The highest BCUT2D eigenvalue weighted by atomic mass is 79.9. The van der Waals surface area contributed by atoms with Crippen LogP contribution in [0.1, 0.15) is 46.1 Å². The molecule has 4 nitrogen and oxygen atoms in total. The number of carbonyl (C=O) groups excluding carboxylic acids is 1. The van der Waals surface area contributed by atoms with Gasteiger partial charge in [-0.05, 0) is 55.0 Å².